The van der Waals surface area contributed by atoms with Crippen molar-refractivity contribution < 1.29 is 0 Å². The lowest BCUT2D eigenvalue weighted by Crippen LogP contribution is -2.02. The van der Waals surface area contributed by atoms with E-state index in [0.717, 1.165) is 33.9 Å². The van der Waals surface area contributed by atoms with E-state index in [1.807, 2.05) is 55.5 Å². The van der Waals surface area contributed by atoms with Crippen LogP contribution in [-0.2, 0) is 0 Å². The summed E-state index contributed by atoms with van der Waals surface area (Å²) < 4.78 is 0. The van der Waals surface area contributed by atoms with Crippen molar-refractivity contribution in [2.24, 2.45) is 0 Å². The minimum atomic E-state index is 0.694. The van der Waals surface area contributed by atoms with Crippen LogP contribution in [0, 0.1) is 13.8 Å². The molecule has 24 heavy (non-hydrogen) atoms. The summed E-state index contributed by atoms with van der Waals surface area (Å²) in [7, 11) is 0. The van der Waals surface area contributed by atoms with Crippen LogP contribution in [0.2, 0.25) is 5.02 Å². The molecule has 0 aliphatic heterocycles. The first kappa shape index (κ1) is 16.3. The Bertz CT molecular complexity index is 900. The Morgan fingerprint density at radius 3 is 2.46 bits per heavy atom. The van der Waals surface area contributed by atoms with E-state index in [2.05, 4.69) is 31.0 Å². The zero-order chi connectivity index (χ0) is 17.1. The van der Waals surface area contributed by atoms with Gasteiger partial charge < -0.3 is 5.32 Å². The summed E-state index contributed by atoms with van der Waals surface area (Å²) in [6.07, 6.45) is 0. The van der Waals surface area contributed by atoms with E-state index in [0.29, 0.717) is 5.02 Å². The maximum atomic E-state index is 6.31. The summed E-state index contributed by atoms with van der Waals surface area (Å²) in [6, 6.07) is 19.9. The highest BCUT2D eigenvalue weighted by molar-refractivity contribution is 6.33. The van der Waals surface area contributed by atoms with Crippen LogP contribution in [0.4, 0.5) is 5.82 Å². The average Bonchev–Trinajstić information content (AvgIpc) is 2.55. The van der Waals surface area contributed by atoms with E-state index < -0.39 is 0 Å². The first-order chi connectivity index (χ1) is 11.5. The van der Waals surface area contributed by atoms with Gasteiger partial charge in [-0.3, -0.25) is 0 Å². The van der Waals surface area contributed by atoms with Gasteiger partial charge in [-0.1, -0.05) is 60.6 Å². The summed E-state index contributed by atoms with van der Waals surface area (Å²) in [5.74, 6) is 0.762. The van der Waals surface area contributed by atoms with Gasteiger partial charge in [-0.2, -0.15) is 0 Å². The van der Waals surface area contributed by atoms with E-state index in [4.69, 9.17) is 16.6 Å². The van der Waals surface area contributed by atoms with Crippen LogP contribution >= 0.6 is 11.6 Å². The zero-order valence-corrected chi connectivity index (χ0v) is 14.6. The van der Waals surface area contributed by atoms with Crippen LogP contribution < -0.4 is 5.32 Å². The largest absolute Gasteiger partial charge is 0.340 e. The van der Waals surface area contributed by atoms with Gasteiger partial charge in [0, 0.05) is 21.8 Å². The van der Waals surface area contributed by atoms with Crippen LogP contribution in [0.3, 0.4) is 0 Å². The van der Waals surface area contributed by atoms with Crippen LogP contribution in [0.25, 0.3) is 17.0 Å². The molecule has 1 N–H and O–H groups in total. The SMILES string of the molecule is C=C(Nc1cc(C)cc(-c2ccccc2Cl)n1)c1ccccc1C. The van der Waals surface area contributed by atoms with Gasteiger partial charge in [-0.05, 0) is 43.2 Å². The molecule has 0 radical (unpaired) electrons. The van der Waals surface area contributed by atoms with Crippen molar-refractivity contribution in [2.75, 3.05) is 5.32 Å². The average molecular weight is 335 g/mol. The molecule has 0 bridgehead atoms. The predicted octanol–water partition coefficient (Wildman–Crippen LogP) is 6.10. The summed E-state index contributed by atoms with van der Waals surface area (Å²) in [5, 5.41) is 4.01. The number of aromatic nitrogens is 1. The minimum Gasteiger partial charge on any atom is -0.340 e. The number of aryl methyl sites for hydroxylation is 2. The first-order valence-electron chi connectivity index (χ1n) is 7.80. The fourth-order valence-electron chi connectivity index (χ4n) is 2.67. The summed E-state index contributed by atoms with van der Waals surface area (Å²) >= 11 is 6.31. The second-order valence-electron chi connectivity index (χ2n) is 5.81. The molecule has 0 saturated carbocycles. The van der Waals surface area contributed by atoms with E-state index in [1.54, 1.807) is 0 Å². The third-order valence-corrected chi connectivity index (χ3v) is 4.20. The van der Waals surface area contributed by atoms with E-state index in [9.17, 15) is 0 Å². The molecular formula is C21H19ClN2. The fourth-order valence-corrected chi connectivity index (χ4v) is 2.90. The van der Waals surface area contributed by atoms with Gasteiger partial charge in [0.2, 0.25) is 0 Å². The van der Waals surface area contributed by atoms with Crippen LogP contribution in [0.5, 0.6) is 0 Å². The molecule has 3 heteroatoms. The fraction of sp³-hybridized carbons (Fsp3) is 0.0952. The molecule has 0 fully saturated rings. The van der Waals surface area contributed by atoms with Crippen LogP contribution in [0.1, 0.15) is 16.7 Å². The number of halogens is 1. The normalized spacial score (nSPS) is 10.5. The van der Waals surface area contributed by atoms with Crippen molar-refractivity contribution in [3.63, 3.8) is 0 Å². The van der Waals surface area contributed by atoms with Crippen molar-refractivity contribution in [1.82, 2.24) is 4.98 Å². The number of benzene rings is 2. The lowest BCUT2D eigenvalue weighted by atomic mass is 10.1. The summed E-state index contributed by atoms with van der Waals surface area (Å²) in [5.41, 5.74) is 5.97. The summed E-state index contributed by atoms with van der Waals surface area (Å²) in [4.78, 5) is 4.70. The van der Waals surface area contributed by atoms with Crippen molar-refractivity contribution in [1.29, 1.82) is 0 Å². The van der Waals surface area contributed by atoms with Gasteiger partial charge in [0.1, 0.15) is 5.82 Å². The maximum absolute atomic E-state index is 6.31. The van der Waals surface area contributed by atoms with Crippen molar-refractivity contribution in [2.45, 2.75) is 13.8 Å². The number of anilines is 1. The van der Waals surface area contributed by atoms with Crippen LogP contribution in [0.15, 0.2) is 67.2 Å². The van der Waals surface area contributed by atoms with Gasteiger partial charge in [0.25, 0.3) is 0 Å². The molecule has 0 spiro atoms. The highest BCUT2D eigenvalue weighted by atomic mass is 35.5. The standard InChI is InChI=1S/C21H19ClN2/c1-14-12-20(18-10-6-7-11-19(18)22)24-21(13-14)23-16(3)17-9-5-4-8-15(17)2/h4-13H,3H2,1-2H3,(H,23,24). The molecular weight excluding hydrogens is 316 g/mol. The van der Waals surface area contributed by atoms with E-state index >= 15 is 0 Å². The van der Waals surface area contributed by atoms with Crippen molar-refractivity contribution >= 4 is 23.1 Å². The molecule has 120 valence electrons. The second-order valence-corrected chi connectivity index (χ2v) is 6.22. The topological polar surface area (TPSA) is 24.9 Å². The Morgan fingerprint density at radius 1 is 1.00 bits per heavy atom. The zero-order valence-electron chi connectivity index (χ0n) is 13.8. The molecule has 0 aliphatic rings. The van der Waals surface area contributed by atoms with Gasteiger partial charge in [-0.25, -0.2) is 4.98 Å². The van der Waals surface area contributed by atoms with Gasteiger partial charge in [0.05, 0.1) is 5.69 Å². The molecule has 0 atom stereocenters. The highest BCUT2D eigenvalue weighted by Gasteiger charge is 2.08. The van der Waals surface area contributed by atoms with Gasteiger partial charge in [0.15, 0.2) is 0 Å². The highest BCUT2D eigenvalue weighted by Crippen LogP contribution is 2.28. The van der Waals surface area contributed by atoms with Gasteiger partial charge in [-0.15, -0.1) is 0 Å². The van der Waals surface area contributed by atoms with Crippen molar-refractivity contribution in [3.05, 3.63) is 89.0 Å². The predicted molar refractivity (Wildman–Crippen MR) is 103 cm³/mol. The molecule has 0 saturated heterocycles. The number of nitrogens with zero attached hydrogens (tertiary/aromatic N) is 1. The van der Waals surface area contributed by atoms with Crippen LogP contribution in [-0.4, -0.2) is 4.98 Å². The Labute approximate surface area is 147 Å². The molecule has 0 amide bonds. The second kappa shape index (κ2) is 6.90. The smallest absolute Gasteiger partial charge is 0.131 e. The summed E-state index contributed by atoms with van der Waals surface area (Å²) in [6.45, 7) is 8.27. The molecule has 3 rings (SSSR count). The van der Waals surface area contributed by atoms with E-state index in [1.165, 1.54) is 5.56 Å². The number of hydrogen-bond acceptors (Lipinski definition) is 2. The first-order valence-corrected chi connectivity index (χ1v) is 8.18. The molecule has 1 heterocycles. The molecule has 2 nitrogen and oxygen atoms in total. The molecule has 3 aromatic rings. The molecule has 2 aromatic carbocycles. The number of rotatable bonds is 4. The Balaban J connectivity index is 1.94. The minimum absolute atomic E-state index is 0.694. The van der Waals surface area contributed by atoms with E-state index in [-0.39, 0.29) is 0 Å². The third kappa shape index (κ3) is 3.50. The molecule has 0 unspecified atom stereocenters. The lowest BCUT2D eigenvalue weighted by molar-refractivity contribution is 1.27. The van der Waals surface area contributed by atoms with Crippen molar-refractivity contribution in [3.8, 4) is 11.3 Å². The lowest BCUT2D eigenvalue weighted by Gasteiger charge is -2.13. The molecule has 1 aromatic heterocycles. The Kier molecular flexibility index (Phi) is 4.68. The third-order valence-electron chi connectivity index (χ3n) is 3.87. The Morgan fingerprint density at radius 2 is 1.71 bits per heavy atom. The quantitative estimate of drug-likeness (QED) is 0.623. The number of nitrogens with one attached hydrogen (secondary N) is 1. The molecule has 0 aliphatic carbocycles. The monoisotopic (exact) mass is 334 g/mol. The maximum Gasteiger partial charge on any atom is 0.131 e. The number of pyridine rings is 1. The van der Waals surface area contributed by atoms with Gasteiger partial charge >= 0.3 is 0 Å². The number of hydrogen-bond donors (Lipinski definition) is 1. The Hall–Kier alpha value is -2.58.